The number of aliphatic carboxylic acids is 1. The molecule has 0 unspecified atom stereocenters. The Bertz CT molecular complexity index is 1340. The molecule has 1 aliphatic carbocycles. The topological polar surface area (TPSA) is 98.7 Å². The van der Waals surface area contributed by atoms with Crippen LogP contribution in [0.25, 0.3) is 22.3 Å². The summed E-state index contributed by atoms with van der Waals surface area (Å²) in [4.78, 5) is 38.2. The van der Waals surface area contributed by atoms with Gasteiger partial charge >= 0.3 is 5.97 Å². The van der Waals surface area contributed by atoms with Gasteiger partial charge < -0.3 is 20.2 Å². The predicted molar refractivity (Wildman–Crippen MR) is 144 cm³/mol. The molecule has 5 rings (SSSR count). The summed E-state index contributed by atoms with van der Waals surface area (Å²) in [5, 5.41) is 12.2. The first kappa shape index (κ1) is 24.5. The highest BCUT2D eigenvalue weighted by Gasteiger charge is 2.23. The van der Waals surface area contributed by atoms with Crippen LogP contribution >= 0.6 is 0 Å². The molecule has 2 heterocycles. The van der Waals surface area contributed by atoms with E-state index in [1.165, 1.54) is 5.70 Å². The first-order valence-corrected chi connectivity index (χ1v) is 12.8. The van der Waals surface area contributed by atoms with Crippen LogP contribution in [-0.4, -0.2) is 69.5 Å². The van der Waals surface area contributed by atoms with Gasteiger partial charge in [0.05, 0.1) is 11.0 Å². The molecule has 8 nitrogen and oxygen atoms in total. The van der Waals surface area contributed by atoms with Gasteiger partial charge in [-0.3, -0.25) is 9.59 Å². The van der Waals surface area contributed by atoms with Crippen molar-refractivity contribution in [2.24, 2.45) is 0 Å². The van der Waals surface area contributed by atoms with Crippen LogP contribution in [0, 0.1) is 0 Å². The molecule has 0 radical (unpaired) electrons. The Morgan fingerprint density at radius 3 is 2.49 bits per heavy atom. The lowest BCUT2D eigenvalue weighted by Crippen LogP contribution is -2.48. The van der Waals surface area contributed by atoms with Crippen LogP contribution in [-0.2, 0) is 4.79 Å². The van der Waals surface area contributed by atoms with Crippen LogP contribution in [0.2, 0.25) is 0 Å². The van der Waals surface area contributed by atoms with E-state index in [0.29, 0.717) is 54.2 Å². The normalized spacial score (nSPS) is 15.5. The van der Waals surface area contributed by atoms with E-state index >= 15 is 0 Å². The van der Waals surface area contributed by atoms with Crippen molar-refractivity contribution in [1.82, 2.24) is 19.8 Å². The Hall–Kier alpha value is -4.20. The van der Waals surface area contributed by atoms with Crippen LogP contribution in [0.3, 0.4) is 0 Å². The molecular weight excluding hydrogens is 466 g/mol. The fourth-order valence-electron chi connectivity index (χ4n) is 4.74. The second kappa shape index (κ2) is 11.2. The monoisotopic (exact) mass is 497 g/mol. The van der Waals surface area contributed by atoms with Crippen LogP contribution < -0.4 is 5.32 Å². The first-order chi connectivity index (χ1) is 18.1. The zero-order valence-corrected chi connectivity index (χ0v) is 20.8. The number of carboxylic acids is 1. The van der Waals surface area contributed by atoms with Crippen molar-refractivity contribution in [3.05, 3.63) is 78.0 Å². The van der Waals surface area contributed by atoms with Gasteiger partial charge in [-0.25, -0.2) is 9.97 Å². The molecule has 0 spiro atoms. The number of anilines is 1. The summed E-state index contributed by atoms with van der Waals surface area (Å²) >= 11 is 0. The Balaban J connectivity index is 1.35. The average molecular weight is 498 g/mol. The Labute approximate surface area is 216 Å². The van der Waals surface area contributed by atoms with Crippen LogP contribution in [0.4, 0.5) is 5.82 Å². The third-order valence-corrected chi connectivity index (χ3v) is 6.73. The van der Waals surface area contributed by atoms with Crippen molar-refractivity contribution in [1.29, 1.82) is 0 Å². The van der Waals surface area contributed by atoms with Gasteiger partial charge in [0.15, 0.2) is 5.82 Å². The first-order valence-electron chi connectivity index (χ1n) is 12.8. The molecule has 37 heavy (non-hydrogen) atoms. The SMILES string of the molecule is O=C(O)CCCNc1nc2cc(C(=O)N3CCN(C4=CCCC=C4)CC3)ccc2nc1-c1ccccc1. The molecule has 1 saturated heterocycles. The molecule has 0 atom stereocenters. The van der Waals surface area contributed by atoms with Gasteiger partial charge in [0, 0.05) is 56.0 Å². The minimum Gasteiger partial charge on any atom is -0.481 e. The van der Waals surface area contributed by atoms with E-state index in [0.717, 1.165) is 31.5 Å². The van der Waals surface area contributed by atoms with Crippen molar-refractivity contribution in [2.75, 3.05) is 38.0 Å². The number of allylic oxidation sites excluding steroid dienone is 3. The summed E-state index contributed by atoms with van der Waals surface area (Å²) in [7, 11) is 0. The lowest BCUT2D eigenvalue weighted by atomic mass is 10.1. The number of hydrogen-bond donors (Lipinski definition) is 2. The second-order valence-corrected chi connectivity index (χ2v) is 9.30. The number of piperazine rings is 1. The fraction of sp³-hybridized carbons (Fsp3) is 0.310. The molecule has 1 aromatic heterocycles. The Morgan fingerprint density at radius 2 is 1.76 bits per heavy atom. The number of carbonyl (C=O) groups excluding carboxylic acids is 1. The van der Waals surface area contributed by atoms with E-state index in [1.807, 2.05) is 47.4 Å². The summed E-state index contributed by atoms with van der Waals surface area (Å²) in [5.74, 6) is -0.249. The zero-order chi connectivity index (χ0) is 25.6. The minimum atomic E-state index is -0.828. The molecule has 2 aromatic carbocycles. The smallest absolute Gasteiger partial charge is 0.303 e. The maximum absolute atomic E-state index is 13.3. The molecule has 3 aromatic rings. The maximum atomic E-state index is 13.3. The zero-order valence-electron chi connectivity index (χ0n) is 20.8. The van der Waals surface area contributed by atoms with E-state index in [2.05, 4.69) is 28.4 Å². The van der Waals surface area contributed by atoms with Gasteiger partial charge in [-0.2, -0.15) is 0 Å². The van der Waals surface area contributed by atoms with Gasteiger partial charge in [-0.05, 0) is 43.5 Å². The van der Waals surface area contributed by atoms with Crippen molar-refractivity contribution >= 4 is 28.7 Å². The number of nitrogens with one attached hydrogen (secondary N) is 1. The summed E-state index contributed by atoms with van der Waals surface area (Å²) in [6.07, 6.45) is 9.39. The van der Waals surface area contributed by atoms with Gasteiger partial charge in [-0.1, -0.05) is 42.5 Å². The number of carboxylic acid groups (broad SMARTS) is 1. The van der Waals surface area contributed by atoms with E-state index in [-0.39, 0.29) is 12.3 Å². The van der Waals surface area contributed by atoms with Crippen LogP contribution in [0.5, 0.6) is 0 Å². The van der Waals surface area contributed by atoms with Gasteiger partial charge in [0.25, 0.3) is 5.91 Å². The molecule has 2 aliphatic rings. The molecule has 0 bridgehead atoms. The third kappa shape index (κ3) is 5.80. The number of aromatic nitrogens is 2. The molecule has 2 N–H and O–H groups in total. The van der Waals surface area contributed by atoms with Gasteiger partial charge in [0.2, 0.25) is 0 Å². The number of carbonyl (C=O) groups is 2. The standard InChI is InChI=1S/C29H31N5O3/c35-26(36)12-7-15-30-28-27(21-8-3-1-4-9-21)31-24-14-13-22(20-25(24)32-28)29(37)34-18-16-33(17-19-34)23-10-5-2-6-11-23/h1,3-5,8-11,13-14,20H,2,6-7,12,15-19H2,(H,30,32)(H,35,36). The number of rotatable bonds is 8. The average Bonchev–Trinajstić information content (AvgIpc) is 2.95. The predicted octanol–water partition coefficient (Wildman–Crippen LogP) is 4.57. The van der Waals surface area contributed by atoms with E-state index in [1.54, 1.807) is 6.07 Å². The van der Waals surface area contributed by atoms with E-state index < -0.39 is 5.97 Å². The van der Waals surface area contributed by atoms with Crippen LogP contribution in [0.1, 0.15) is 36.0 Å². The summed E-state index contributed by atoms with van der Waals surface area (Å²) in [6.45, 7) is 3.45. The largest absolute Gasteiger partial charge is 0.481 e. The number of nitrogens with zero attached hydrogens (tertiary/aromatic N) is 4. The number of hydrogen-bond acceptors (Lipinski definition) is 6. The molecule has 1 aliphatic heterocycles. The summed E-state index contributed by atoms with van der Waals surface area (Å²) < 4.78 is 0. The molecule has 190 valence electrons. The molecule has 8 heteroatoms. The number of amides is 1. The van der Waals surface area contributed by atoms with Crippen molar-refractivity contribution in [3.8, 4) is 11.3 Å². The van der Waals surface area contributed by atoms with Crippen molar-refractivity contribution < 1.29 is 14.7 Å². The van der Waals surface area contributed by atoms with Crippen LogP contribution in [0.15, 0.2) is 72.5 Å². The third-order valence-electron chi connectivity index (χ3n) is 6.73. The molecular formula is C29H31N5O3. The molecule has 0 saturated carbocycles. The lowest BCUT2D eigenvalue weighted by molar-refractivity contribution is -0.137. The second-order valence-electron chi connectivity index (χ2n) is 9.30. The highest BCUT2D eigenvalue weighted by molar-refractivity contribution is 5.98. The highest BCUT2D eigenvalue weighted by Crippen LogP contribution is 2.28. The quantitative estimate of drug-likeness (QED) is 0.440. The van der Waals surface area contributed by atoms with Gasteiger partial charge in [0.1, 0.15) is 5.69 Å². The Kier molecular flexibility index (Phi) is 7.44. The summed E-state index contributed by atoms with van der Waals surface area (Å²) in [6, 6.07) is 15.2. The minimum absolute atomic E-state index is 0.000353. The molecule has 1 amide bonds. The summed E-state index contributed by atoms with van der Waals surface area (Å²) in [5.41, 5.74) is 4.80. The van der Waals surface area contributed by atoms with E-state index in [9.17, 15) is 9.59 Å². The van der Waals surface area contributed by atoms with Crippen molar-refractivity contribution in [3.63, 3.8) is 0 Å². The maximum Gasteiger partial charge on any atom is 0.303 e. The molecule has 1 fully saturated rings. The number of fused-ring (bicyclic) bond motifs is 1. The highest BCUT2D eigenvalue weighted by atomic mass is 16.4. The van der Waals surface area contributed by atoms with E-state index in [4.69, 9.17) is 15.1 Å². The van der Waals surface area contributed by atoms with Gasteiger partial charge in [-0.15, -0.1) is 0 Å². The number of benzene rings is 2. The van der Waals surface area contributed by atoms with Crippen molar-refractivity contribution in [2.45, 2.75) is 25.7 Å². The fourth-order valence-corrected chi connectivity index (χ4v) is 4.74. The lowest BCUT2D eigenvalue weighted by Gasteiger charge is -2.37. The Morgan fingerprint density at radius 1 is 0.946 bits per heavy atom.